The van der Waals surface area contributed by atoms with Gasteiger partial charge in [0.2, 0.25) is 0 Å². The number of anilines is 1. The average Bonchev–Trinajstić information content (AvgIpc) is 3.09. The summed E-state index contributed by atoms with van der Waals surface area (Å²) in [6, 6.07) is 3.04. The first-order valence-corrected chi connectivity index (χ1v) is 8.31. The predicted octanol–water partition coefficient (Wildman–Crippen LogP) is 3.02. The standard InChI is InChI=1S/C17H17F3N4O/c1-7(2)24-12(16-10-6-25-14(16)13(10)16)4-11(23-24)8-3-9(17(18,19)20)15(21)22-5-8/h3-5,7,10,13-14H,6H2,1-2H3,(H2,21,22)/t10-,13-,14?,16-/m1/s1. The Bertz CT molecular complexity index is 867. The lowest BCUT2D eigenvalue weighted by Gasteiger charge is -2.13. The van der Waals surface area contributed by atoms with Gasteiger partial charge in [-0.05, 0) is 26.0 Å². The first-order valence-electron chi connectivity index (χ1n) is 8.31. The molecule has 4 heterocycles. The fourth-order valence-corrected chi connectivity index (χ4v) is 4.51. The second-order valence-electron chi connectivity index (χ2n) is 7.43. The summed E-state index contributed by atoms with van der Waals surface area (Å²) in [5, 5.41) is 4.58. The minimum absolute atomic E-state index is 0.0453. The number of hydrogen-bond donors (Lipinski definition) is 1. The van der Waals surface area contributed by atoms with Crippen LogP contribution in [-0.2, 0) is 16.3 Å². The second-order valence-corrected chi connectivity index (χ2v) is 7.43. The van der Waals surface area contributed by atoms with Crippen molar-refractivity contribution in [2.24, 2.45) is 11.8 Å². The molecule has 0 amide bonds. The van der Waals surface area contributed by atoms with Gasteiger partial charge in [0.1, 0.15) is 5.82 Å². The summed E-state index contributed by atoms with van der Waals surface area (Å²) in [5.74, 6) is 0.578. The Kier molecular flexibility index (Phi) is 2.64. The lowest BCUT2D eigenvalue weighted by Crippen LogP contribution is -2.16. The Morgan fingerprint density at radius 3 is 2.68 bits per heavy atom. The van der Waals surface area contributed by atoms with Crippen LogP contribution in [0.15, 0.2) is 18.3 Å². The molecule has 2 aliphatic carbocycles. The Balaban J connectivity index is 1.60. The van der Waals surface area contributed by atoms with E-state index in [1.54, 1.807) is 0 Å². The highest BCUT2D eigenvalue weighted by molar-refractivity contribution is 5.65. The van der Waals surface area contributed by atoms with E-state index in [0.29, 0.717) is 23.1 Å². The van der Waals surface area contributed by atoms with Gasteiger partial charge >= 0.3 is 6.18 Å². The van der Waals surface area contributed by atoms with Crippen molar-refractivity contribution in [3.63, 3.8) is 0 Å². The molecule has 5 nitrogen and oxygen atoms in total. The summed E-state index contributed by atoms with van der Waals surface area (Å²) in [6.07, 6.45) is -2.93. The van der Waals surface area contributed by atoms with Crippen LogP contribution >= 0.6 is 0 Å². The summed E-state index contributed by atoms with van der Waals surface area (Å²) in [4.78, 5) is 3.72. The van der Waals surface area contributed by atoms with Crippen LogP contribution in [0.3, 0.4) is 0 Å². The summed E-state index contributed by atoms with van der Waals surface area (Å²) in [6.45, 7) is 4.80. The van der Waals surface area contributed by atoms with Crippen LogP contribution < -0.4 is 5.73 Å². The van der Waals surface area contributed by atoms with Crippen LogP contribution in [0.1, 0.15) is 31.1 Å². The molecule has 2 aromatic heterocycles. The van der Waals surface area contributed by atoms with Gasteiger partial charge in [0, 0.05) is 40.7 Å². The van der Waals surface area contributed by atoms with Gasteiger partial charge in [-0.15, -0.1) is 0 Å². The first kappa shape index (κ1) is 15.2. The van der Waals surface area contributed by atoms with Crippen molar-refractivity contribution < 1.29 is 17.9 Å². The van der Waals surface area contributed by atoms with Gasteiger partial charge in [0.25, 0.3) is 0 Å². The molecule has 2 N–H and O–H groups in total. The molecule has 0 spiro atoms. The summed E-state index contributed by atoms with van der Waals surface area (Å²) in [5.41, 5.74) is 6.40. The summed E-state index contributed by atoms with van der Waals surface area (Å²) >= 11 is 0. The first-order chi connectivity index (χ1) is 11.8. The second kappa shape index (κ2) is 4.35. The van der Waals surface area contributed by atoms with E-state index < -0.39 is 17.6 Å². The van der Waals surface area contributed by atoms with Gasteiger partial charge in [-0.25, -0.2) is 4.98 Å². The lowest BCUT2D eigenvalue weighted by molar-refractivity contribution is -0.137. The van der Waals surface area contributed by atoms with E-state index in [2.05, 4.69) is 10.1 Å². The molecule has 2 saturated heterocycles. The van der Waals surface area contributed by atoms with Crippen LogP contribution in [0.25, 0.3) is 11.3 Å². The van der Waals surface area contributed by atoms with Crippen molar-refractivity contribution in [1.29, 1.82) is 0 Å². The highest BCUT2D eigenvalue weighted by Gasteiger charge is 2.93. The number of aromatic nitrogens is 3. The summed E-state index contributed by atoms with van der Waals surface area (Å²) in [7, 11) is 0. The monoisotopic (exact) mass is 350 g/mol. The van der Waals surface area contributed by atoms with E-state index in [1.807, 2.05) is 24.6 Å². The van der Waals surface area contributed by atoms with Gasteiger partial charge in [-0.3, -0.25) is 4.68 Å². The molecule has 4 fully saturated rings. The number of hydrogen-bond acceptors (Lipinski definition) is 4. The molecule has 132 valence electrons. The van der Waals surface area contributed by atoms with Gasteiger partial charge in [0.05, 0.1) is 24.0 Å². The molecule has 8 heteroatoms. The molecule has 2 bridgehead atoms. The molecule has 1 unspecified atom stereocenters. The van der Waals surface area contributed by atoms with E-state index >= 15 is 0 Å². The number of halogens is 3. The molecule has 0 radical (unpaired) electrons. The minimum atomic E-state index is -4.54. The van der Waals surface area contributed by atoms with Gasteiger partial charge in [-0.1, -0.05) is 0 Å². The highest BCUT2D eigenvalue weighted by Crippen LogP contribution is 2.85. The molecule has 4 atom stereocenters. The van der Waals surface area contributed by atoms with Gasteiger partial charge < -0.3 is 10.5 Å². The zero-order chi connectivity index (χ0) is 17.7. The van der Waals surface area contributed by atoms with E-state index in [4.69, 9.17) is 10.5 Å². The summed E-state index contributed by atoms with van der Waals surface area (Å²) < 4.78 is 47.0. The fraction of sp³-hybridized carbons (Fsp3) is 0.529. The van der Waals surface area contributed by atoms with Crippen molar-refractivity contribution in [1.82, 2.24) is 14.8 Å². The third-order valence-corrected chi connectivity index (χ3v) is 5.82. The number of alkyl halides is 3. The fourth-order valence-electron chi connectivity index (χ4n) is 4.51. The zero-order valence-corrected chi connectivity index (χ0v) is 13.7. The van der Waals surface area contributed by atoms with Crippen LogP contribution in [0.4, 0.5) is 19.0 Å². The Hall–Kier alpha value is -2.09. The van der Waals surface area contributed by atoms with Gasteiger partial charge in [-0.2, -0.15) is 18.3 Å². The van der Waals surface area contributed by atoms with E-state index in [1.165, 1.54) is 6.20 Å². The molecule has 25 heavy (non-hydrogen) atoms. The zero-order valence-electron chi connectivity index (χ0n) is 13.7. The predicted molar refractivity (Wildman–Crippen MR) is 83.7 cm³/mol. The smallest absolute Gasteiger partial charge is 0.383 e. The van der Waals surface area contributed by atoms with Crippen LogP contribution in [0, 0.1) is 11.8 Å². The maximum Gasteiger partial charge on any atom is 0.419 e. The molecule has 6 rings (SSSR count). The van der Waals surface area contributed by atoms with Crippen molar-refractivity contribution >= 4 is 5.82 Å². The van der Waals surface area contributed by atoms with Gasteiger partial charge in [0.15, 0.2) is 0 Å². The van der Waals surface area contributed by atoms with Crippen molar-refractivity contribution in [2.75, 3.05) is 12.3 Å². The number of nitrogens with two attached hydrogens (primary N) is 1. The molecular weight excluding hydrogens is 333 g/mol. The highest BCUT2D eigenvalue weighted by atomic mass is 19.4. The van der Waals surface area contributed by atoms with Crippen LogP contribution in [0.5, 0.6) is 0 Å². The van der Waals surface area contributed by atoms with E-state index in [9.17, 15) is 13.2 Å². The minimum Gasteiger partial charge on any atom is -0.383 e. The molecule has 2 saturated carbocycles. The topological polar surface area (TPSA) is 66.0 Å². The molecule has 2 aromatic rings. The Morgan fingerprint density at radius 1 is 1.36 bits per heavy atom. The number of nitrogens with zero attached hydrogens (tertiary/aromatic N) is 3. The number of ether oxygens (including phenoxy) is 1. The number of fused-ring (bicyclic) bond motifs is 1. The van der Waals surface area contributed by atoms with Crippen LogP contribution in [-0.4, -0.2) is 27.5 Å². The average molecular weight is 350 g/mol. The number of rotatable bonds is 3. The third kappa shape index (κ3) is 1.78. The maximum absolute atomic E-state index is 13.1. The van der Waals surface area contributed by atoms with Crippen molar-refractivity contribution in [2.45, 2.75) is 37.6 Å². The van der Waals surface area contributed by atoms with Crippen molar-refractivity contribution in [3.8, 4) is 11.3 Å². The molecular formula is C17H17F3N4O. The van der Waals surface area contributed by atoms with Crippen LogP contribution in [0.2, 0.25) is 0 Å². The Labute approximate surface area is 142 Å². The molecule has 0 aromatic carbocycles. The maximum atomic E-state index is 13.1. The SMILES string of the molecule is CC(C)n1nc(-c2cnc(N)c(C(F)(F)F)c2)cc1[C@]12C3OC[C@@H]1[C@H]32. The Morgan fingerprint density at radius 2 is 2.12 bits per heavy atom. The molecule has 2 aliphatic heterocycles. The number of nitrogen functional groups attached to an aromatic ring is 1. The normalized spacial score (nSPS) is 32.2. The third-order valence-electron chi connectivity index (χ3n) is 5.82. The number of pyridine rings is 1. The van der Waals surface area contributed by atoms with Crippen molar-refractivity contribution in [3.05, 3.63) is 29.6 Å². The van der Waals surface area contributed by atoms with E-state index in [0.717, 1.165) is 18.4 Å². The quantitative estimate of drug-likeness (QED) is 0.924. The lowest BCUT2D eigenvalue weighted by atomic mass is 10.0. The molecule has 4 aliphatic rings. The largest absolute Gasteiger partial charge is 0.419 e. The van der Waals surface area contributed by atoms with E-state index in [-0.39, 0.29) is 17.6 Å².